The number of aryl methyl sites for hydroxylation is 1. The van der Waals surface area contributed by atoms with Crippen LogP contribution >= 0.6 is 15.9 Å². The molecule has 2 aromatic rings. The van der Waals surface area contributed by atoms with Crippen molar-refractivity contribution in [2.24, 2.45) is 0 Å². The highest BCUT2D eigenvalue weighted by molar-refractivity contribution is 9.10. The van der Waals surface area contributed by atoms with Gasteiger partial charge in [-0.15, -0.1) is 0 Å². The molecule has 0 fully saturated rings. The van der Waals surface area contributed by atoms with E-state index in [1.54, 1.807) is 13.2 Å². The van der Waals surface area contributed by atoms with E-state index in [1.807, 2.05) is 24.3 Å². The van der Waals surface area contributed by atoms with E-state index < -0.39 is 0 Å². The van der Waals surface area contributed by atoms with Gasteiger partial charge < -0.3 is 9.47 Å². The van der Waals surface area contributed by atoms with Gasteiger partial charge in [0.1, 0.15) is 22.8 Å². The van der Waals surface area contributed by atoms with Crippen LogP contribution in [0, 0.1) is 0 Å². The van der Waals surface area contributed by atoms with Crippen LogP contribution in [0.4, 0.5) is 0 Å². The van der Waals surface area contributed by atoms with Gasteiger partial charge in [-0.1, -0.05) is 19.1 Å². The largest absolute Gasteiger partial charge is 0.497 e. The third kappa shape index (κ3) is 4.20. The molecule has 1 aromatic carbocycles. The molecule has 4 nitrogen and oxygen atoms in total. The Balaban J connectivity index is 2.06. The average molecular weight is 337 g/mol. The number of aromatic nitrogens is 2. The summed E-state index contributed by atoms with van der Waals surface area (Å²) in [5, 5.41) is 0. The Bertz CT molecular complexity index is 576. The minimum absolute atomic E-state index is 0.451. The minimum atomic E-state index is 0.451. The van der Waals surface area contributed by atoms with Crippen LogP contribution in [0.1, 0.15) is 24.7 Å². The number of methoxy groups -OCH3 is 1. The van der Waals surface area contributed by atoms with Gasteiger partial charge >= 0.3 is 0 Å². The summed E-state index contributed by atoms with van der Waals surface area (Å²) < 4.78 is 11.7. The first kappa shape index (κ1) is 14.8. The number of rotatable bonds is 6. The van der Waals surface area contributed by atoms with Gasteiger partial charge in [-0.2, -0.15) is 4.98 Å². The second kappa shape index (κ2) is 7.24. The molecule has 1 heterocycles. The number of nitrogens with zero attached hydrogens (tertiary/aromatic N) is 2. The summed E-state index contributed by atoms with van der Waals surface area (Å²) in [6, 6.07) is 9.56. The molecule has 0 atom stereocenters. The molecule has 0 amide bonds. The van der Waals surface area contributed by atoms with Gasteiger partial charge in [0.15, 0.2) is 0 Å². The molecule has 0 saturated carbocycles. The minimum Gasteiger partial charge on any atom is -0.497 e. The lowest BCUT2D eigenvalue weighted by Crippen LogP contribution is -2.02. The Labute approximate surface area is 127 Å². The standard InChI is InChI=1S/C15H17BrN2O2/c1-3-5-14-17-13(16)9-15(18-14)20-10-11-6-4-7-12(8-11)19-2/h4,6-9H,3,5,10H2,1-2H3. The predicted molar refractivity (Wildman–Crippen MR) is 81.1 cm³/mol. The predicted octanol–water partition coefficient (Wildman–Crippen LogP) is 3.78. The van der Waals surface area contributed by atoms with Gasteiger partial charge in [0.25, 0.3) is 0 Å². The van der Waals surface area contributed by atoms with Crippen molar-refractivity contribution >= 4 is 15.9 Å². The molecule has 0 aliphatic carbocycles. The van der Waals surface area contributed by atoms with E-state index in [9.17, 15) is 0 Å². The number of benzene rings is 1. The Hall–Kier alpha value is -1.62. The maximum absolute atomic E-state index is 5.72. The zero-order valence-electron chi connectivity index (χ0n) is 11.6. The fraction of sp³-hybridized carbons (Fsp3) is 0.333. The zero-order valence-corrected chi connectivity index (χ0v) is 13.2. The van der Waals surface area contributed by atoms with Gasteiger partial charge in [0.2, 0.25) is 5.88 Å². The van der Waals surface area contributed by atoms with E-state index >= 15 is 0 Å². The fourth-order valence-corrected chi connectivity index (χ4v) is 2.17. The van der Waals surface area contributed by atoms with Crippen LogP contribution in [0.2, 0.25) is 0 Å². The Morgan fingerprint density at radius 2 is 2.05 bits per heavy atom. The maximum Gasteiger partial charge on any atom is 0.218 e. The summed E-state index contributed by atoms with van der Waals surface area (Å²) in [6.45, 7) is 2.55. The van der Waals surface area contributed by atoms with Gasteiger partial charge in [-0.05, 0) is 40.0 Å². The summed E-state index contributed by atoms with van der Waals surface area (Å²) in [5.74, 6) is 2.20. The first-order valence-corrected chi connectivity index (χ1v) is 7.29. The van der Waals surface area contributed by atoms with E-state index in [-0.39, 0.29) is 0 Å². The highest BCUT2D eigenvalue weighted by Crippen LogP contribution is 2.18. The average Bonchev–Trinajstić information content (AvgIpc) is 2.45. The molecule has 0 spiro atoms. The lowest BCUT2D eigenvalue weighted by molar-refractivity contribution is 0.291. The van der Waals surface area contributed by atoms with Crippen LogP contribution in [-0.4, -0.2) is 17.1 Å². The second-order valence-corrected chi connectivity index (χ2v) is 5.15. The molecule has 0 aliphatic rings. The van der Waals surface area contributed by atoms with Gasteiger partial charge in [0.05, 0.1) is 7.11 Å². The van der Waals surface area contributed by atoms with Crippen molar-refractivity contribution in [3.05, 3.63) is 46.3 Å². The monoisotopic (exact) mass is 336 g/mol. The summed E-state index contributed by atoms with van der Waals surface area (Å²) in [5.41, 5.74) is 1.04. The van der Waals surface area contributed by atoms with E-state index in [1.165, 1.54) is 0 Å². The van der Waals surface area contributed by atoms with Crippen LogP contribution in [0.5, 0.6) is 11.6 Å². The molecule has 0 radical (unpaired) electrons. The fourth-order valence-electron chi connectivity index (χ4n) is 1.77. The molecule has 0 unspecified atom stereocenters. The highest BCUT2D eigenvalue weighted by Gasteiger charge is 2.04. The molecule has 20 heavy (non-hydrogen) atoms. The lowest BCUT2D eigenvalue weighted by atomic mass is 10.2. The molecule has 0 saturated heterocycles. The van der Waals surface area contributed by atoms with Crippen LogP contribution in [0.15, 0.2) is 34.9 Å². The first-order chi connectivity index (χ1) is 9.71. The zero-order chi connectivity index (χ0) is 14.4. The smallest absolute Gasteiger partial charge is 0.218 e. The maximum atomic E-state index is 5.72. The quantitative estimate of drug-likeness (QED) is 0.753. The van der Waals surface area contributed by atoms with Crippen molar-refractivity contribution in [2.75, 3.05) is 7.11 Å². The van der Waals surface area contributed by atoms with Crippen molar-refractivity contribution < 1.29 is 9.47 Å². The Morgan fingerprint density at radius 3 is 2.80 bits per heavy atom. The van der Waals surface area contributed by atoms with Crippen molar-refractivity contribution in [3.63, 3.8) is 0 Å². The Morgan fingerprint density at radius 1 is 1.20 bits per heavy atom. The normalized spacial score (nSPS) is 10.3. The molecule has 0 N–H and O–H groups in total. The third-order valence-electron chi connectivity index (χ3n) is 2.71. The number of hydrogen-bond donors (Lipinski definition) is 0. The summed E-state index contributed by atoms with van der Waals surface area (Å²) in [4.78, 5) is 8.70. The molecule has 2 rings (SSSR count). The number of halogens is 1. The third-order valence-corrected chi connectivity index (χ3v) is 3.12. The summed E-state index contributed by atoms with van der Waals surface area (Å²) >= 11 is 3.38. The first-order valence-electron chi connectivity index (χ1n) is 6.50. The summed E-state index contributed by atoms with van der Waals surface area (Å²) in [7, 11) is 1.65. The molecule has 1 aromatic heterocycles. The van der Waals surface area contributed by atoms with Crippen LogP contribution in [-0.2, 0) is 13.0 Å². The van der Waals surface area contributed by atoms with Crippen molar-refractivity contribution in [1.29, 1.82) is 0 Å². The Kier molecular flexibility index (Phi) is 5.35. The number of hydrogen-bond acceptors (Lipinski definition) is 4. The molecule has 0 aliphatic heterocycles. The topological polar surface area (TPSA) is 44.2 Å². The van der Waals surface area contributed by atoms with Crippen LogP contribution < -0.4 is 9.47 Å². The van der Waals surface area contributed by atoms with Crippen LogP contribution in [0.3, 0.4) is 0 Å². The lowest BCUT2D eigenvalue weighted by Gasteiger charge is -2.08. The van der Waals surface area contributed by atoms with Gasteiger partial charge in [-0.25, -0.2) is 4.98 Å². The molecular formula is C15H17BrN2O2. The van der Waals surface area contributed by atoms with Crippen molar-refractivity contribution in [2.45, 2.75) is 26.4 Å². The van der Waals surface area contributed by atoms with E-state index in [0.29, 0.717) is 12.5 Å². The molecule has 5 heteroatoms. The van der Waals surface area contributed by atoms with E-state index in [0.717, 1.165) is 34.6 Å². The number of ether oxygens (including phenoxy) is 2. The van der Waals surface area contributed by atoms with E-state index in [4.69, 9.17) is 9.47 Å². The van der Waals surface area contributed by atoms with Crippen molar-refractivity contribution in [3.8, 4) is 11.6 Å². The summed E-state index contributed by atoms with van der Waals surface area (Å²) in [6.07, 6.45) is 1.85. The van der Waals surface area contributed by atoms with Crippen LogP contribution in [0.25, 0.3) is 0 Å². The second-order valence-electron chi connectivity index (χ2n) is 4.34. The van der Waals surface area contributed by atoms with Gasteiger partial charge in [-0.3, -0.25) is 0 Å². The molecular weight excluding hydrogens is 320 g/mol. The van der Waals surface area contributed by atoms with E-state index in [2.05, 4.69) is 32.8 Å². The molecule has 0 bridgehead atoms. The van der Waals surface area contributed by atoms with Gasteiger partial charge in [0, 0.05) is 12.5 Å². The highest BCUT2D eigenvalue weighted by atomic mass is 79.9. The SMILES string of the molecule is CCCc1nc(Br)cc(OCc2cccc(OC)c2)n1. The molecule has 106 valence electrons. The van der Waals surface area contributed by atoms with Crippen molar-refractivity contribution in [1.82, 2.24) is 9.97 Å².